The van der Waals surface area contributed by atoms with Gasteiger partial charge in [-0.25, -0.2) is 4.79 Å². The van der Waals surface area contributed by atoms with E-state index in [1.54, 1.807) is 6.92 Å². The van der Waals surface area contributed by atoms with Crippen molar-refractivity contribution in [3.8, 4) is 0 Å². The van der Waals surface area contributed by atoms with Crippen LogP contribution in [0.4, 0.5) is 5.69 Å². The van der Waals surface area contributed by atoms with Crippen molar-refractivity contribution in [2.24, 2.45) is 5.10 Å². The molecule has 0 fully saturated rings. The lowest BCUT2D eigenvalue weighted by molar-refractivity contribution is -0.385. The molecule has 0 amide bonds. The number of nitrogens with zero attached hydrogens (tertiary/aromatic N) is 3. The van der Waals surface area contributed by atoms with E-state index in [0.29, 0.717) is 0 Å². The van der Waals surface area contributed by atoms with E-state index in [4.69, 9.17) is 16.3 Å². The van der Waals surface area contributed by atoms with E-state index in [1.165, 1.54) is 24.2 Å². The van der Waals surface area contributed by atoms with Gasteiger partial charge in [0.05, 0.1) is 11.5 Å². The predicted octanol–water partition coefficient (Wildman–Crippen LogP) is 2.05. The molecule has 1 aromatic carbocycles. The first-order chi connectivity index (χ1) is 10.8. The molecular weight excluding hydrogens is 326 g/mol. The average Bonchev–Trinajstić information content (AvgIpc) is 2.88. The molecule has 1 aliphatic heterocycles. The van der Waals surface area contributed by atoms with Crippen LogP contribution in [-0.4, -0.2) is 47.1 Å². The summed E-state index contributed by atoms with van der Waals surface area (Å²) >= 11 is 5.82. The minimum Gasteiger partial charge on any atom is -0.464 e. The van der Waals surface area contributed by atoms with Crippen LogP contribution in [0.1, 0.15) is 23.7 Å². The smallest absolute Gasteiger partial charge is 0.330 e. The summed E-state index contributed by atoms with van der Waals surface area (Å²) in [6, 6.07) is 3.01. The molecule has 0 spiro atoms. The zero-order valence-corrected chi connectivity index (χ0v) is 13.2. The van der Waals surface area contributed by atoms with Crippen LogP contribution in [0, 0.1) is 10.1 Å². The Balaban J connectivity index is 2.29. The second kappa shape index (κ2) is 6.74. The van der Waals surface area contributed by atoms with Crippen molar-refractivity contribution < 1.29 is 19.2 Å². The summed E-state index contributed by atoms with van der Waals surface area (Å²) in [7, 11) is 1.54. The number of nitro benzene ring substituents is 1. The third kappa shape index (κ3) is 3.48. The number of hydrazone groups is 1. The minimum absolute atomic E-state index is 0.0256. The highest BCUT2D eigenvalue weighted by Crippen LogP contribution is 2.26. The normalized spacial score (nSPS) is 16.9. The van der Waals surface area contributed by atoms with Crippen LogP contribution in [-0.2, 0) is 9.53 Å². The fourth-order valence-electron chi connectivity index (χ4n) is 2.23. The Bertz CT molecular complexity index is 704. The molecule has 9 heteroatoms. The summed E-state index contributed by atoms with van der Waals surface area (Å²) in [6.07, 6.45) is 0.0256. The van der Waals surface area contributed by atoms with Gasteiger partial charge in [-0.15, -0.1) is 0 Å². The molecule has 0 saturated heterocycles. The average molecular weight is 340 g/mol. The summed E-state index contributed by atoms with van der Waals surface area (Å²) in [6.45, 7) is 1.89. The van der Waals surface area contributed by atoms with Gasteiger partial charge < -0.3 is 4.74 Å². The Hall–Kier alpha value is -2.48. The van der Waals surface area contributed by atoms with E-state index in [-0.39, 0.29) is 35.0 Å². The van der Waals surface area contributed by atoms with E-state index in [2.05, 4.69) is 5.10 Å². The van der Waals surface area contributed by atoms with Crippen LogP contribution < -0.4 is 0 Å². The van der Waals surface area contributed by atoms with Crippen LogP contribution in [0.3, 0.4) is 0 Å². The first-order valence-corrected chi connectivity index (χ1v) is 7.18. The summed E-state index contributed by atoms with van der Waals surface area (Å²) in [4.78, 5) is 34.7. The van der Waals surface area contributed by atoms with Crippen molar-refractivity contribution >= 4 is 34.8 Å². The molecule has 0 N–H and O–H groups in total. The Kier molecular flexibility index (Phi) is 4.95. The van der Waals surface area contributed by atoms with Crippen molar-refractivity contribution in [2.45, 2.75) is 19.4 Å². The number of rotatable bonds is 5. The van der Waals surface area contributed by atoms with Gasteiger partial charge in [-0.1, -0.05) is 11.6 Å². The first kappa shape index (κ1) is 16.9. The van der Waals surface area contributed by atoms with Gasteiger partial charge in [0.15, 0.2) is 0 Å². The molecule has 8 nitrogen and oxygen atoms in total. The van der Waals surface area contributed by atoms with Crippen LogP contribution >= 0.6 is 11.6 Å². The van der Waals surface area contributed by atoms with Crippen molar-refractivity contribution in [1.29, 1.82) is 0 Å². The van der Waals surface area contributed by atoms with Gasteiger partial charge in [-0.3, -0.25) is 19.9 Å². The molecule has 0 aromatic heterocycles. The first-order valence-electron chi connectivity index (χ1n) is 6.80. The Labute approximate surface area is 136 Å². The molecule has 1 aliphatic rings. The number of hydrogen-bond acceptors (Lipinski definition) is 7. The molecule has 23 heavy (non-hydrogen) atoms. The summed E-state index contributed by atoms with van der Waals surface area (Å²) in [5.41, 5.74) is -0.459. The molecule has 0 radical (unpaired) electrons. The highest BCUT2D eigenvalue weighted by molar-refractivity contribution is 6.47. The standard InChI is InChI=1S/C14H14ClN3O5/c1-3-23-14(20)12-7-10(16-17(12)2)13(19)9-6-8(15)4-5-11(9)18(21)22/h4-6,12H,3,7H2,1-2H3. The number of likely N-dealkylation sites (N-methyl/N-ethyl adjacent to an activating group) is 1. The van der Waals surface area contributed by atoms with Gasteiger partial charge >= 0.3 is 5.97 Å². The number of ether oxygens (including phenoxy) is 1. The maximum absolute atomic E-state index is 12.5. The van der Waals surface area contributed by atoms with Crippen molar-refractivity contribution in [2.75, 3.05) is 13.7 Å². The van der Waals surface area contributed by atoms with Crippen molar-refractivity contribution in [1.82, 2.24) is 5.01 Å². The number of esters is 1. The van der Waals surface area contributed by atoms with Gasteiger partial charge in [0.2, 0.25) is 5.78 Å². The largest absolute Gasteiger partial charge is 0.464 e. The minimum atomic E-state index is -0.716. The quantitative estimate of drug-likeness (QED) is 0.352. The van der Waals surface area contributed by atoms with Gasteiger partial charge in [-0.05, 0) is 19.1 Å². The predicted molar refractivity (Wildman–Crippen MR) is 82.7 cm³/mol. The fraction of sp³-hybridized carbons (Fsp3) is 0.357. The SMILES string of the molecule is CCOC(=O)C1CC(C(=O)c2cc(Cl)ccc2[N+](=O)[O-])=NN1C. The molecule has 2 rings (SSSR count). The Morgan fingerprint density at radius 2 is 2.22 bits per heavy atom. The highest BCUT2D eigenvalue weighted by Gasteiger charge is 2.36. The van der Waals surface area contributed by atoms with E-state index in [9.17, 15) is 19.7 Å². The van der Waals surface area contributed by atoms with Gasteiger partial charge in [0, 0.05) is 24.6 Å². The number of nitro groups is 1. The molecule has 0 aliphatic carbocycles. The molecule has 0 saturated carbocycles. The lowest BCUT2D eigenvalue weighted by atomic mass is 10.0. The van der Waals surface area contributed by atoms with Crippen molar-refractivity contribution in [3.63, 3.8) is 0 Å². The summed E-state index contributed by atoms with van der Waals surface area (Å²) in [5, 5.41) is 16.6. The van der Waals surface area contributed by atoms with Gasteiger partial charge in [-0.2, -0.15) is 5.10 Å². The van der Waals surface area contributed by atoms with Crippen LogP contribution in [0.5, 0.6) is 0 Å². The molecule has 0 bridgehead atoms. The van der Waals surface area contributed by atoms with Crippen LogP contribution in [0.2, 0.25) is 5.02 Å². The number of hydrogen-bond donors (Lipinski definition) is 0. The van der Waals surface area contributed by atoms with E-state index < -0.39 is 22.7 Å². The van der Waals surface area contributed by atoms with E-state index >= 15 is 0 Å². The van der Waals surface area contributed by atoms with E-state index in [0.717, 1.165) is 6.07 Å². The molecule has 122 valence electrons. The highest BCUT2D eigenvalue weighted by atomic mass is 35.5. The Morgan fingerprint density at radius 1 is 1.52 bits per heavy atom. The molecule has 1 unspecified atom stereocenters. The zero-order valence-electron chi connectivity index (χ0n) is 12.5. The van der Waals surface area contributed by atoms with Crippen molar-refractivity contribution in [3.05, 3.63) is 38.9 Å². The third-order valence-corrected chi connectivity index (χ3v) is 3.57. The number of carbonyl (C=O) groups excluding carboxylic acids is 2. The second-order valence-electron chi connectivity index (χ2n) is 4.84. The fourth-order valence-corrected chi connectivity index (χ4v) is 2.41. The zero-order chi connectivity index (χ0) is 17.1. The Morgan fingerprint density at radius 3 is 2.83 bits per heavy atom. The van der Waals surface area contributed by atoms with Gasteiger partial charge in [0.25, 0.3) is 5.69 Å². The number of halogens is 1. The third-order valence-electron chi connectivity index (χ3n) is 3.34. The number of benzene rings is 1. The molecule has 1 heterocycles. The molecular formula is C14H14ClN3O5. The molecule has 1 aromatic rings. The lowest BCUT2D eigenvalue weighted by Gasteiger charge is -2.16. The van der Waals surface area contributed by atoms with Crippen LogP contribution in [0.15, 0.2) is 23.3 Å². The monoisotopic (exact) mass is 339 g/mol. The lowest BCUT2D eigenvalue weighted by Crippen LogP contribution is -2.33. The molecule has 1 atom stereocenters. The summed E-state index contributed by atoms with van der Waals surface area (Å²) in [5.74, 6) is -1.13. The number of Topliss-reactive ketones (excluding diaryl/α,β-unsaturated/α-hetero) is 1. The number of carbonyl (C=O) groups is 2. The maximum Gasteiger partial charge on any atom is 0.330 e. The topological polar surface area (TPSA) is 102 Å². The summed E-state index contributed by atoms with van der Waals surface area (Å²) < 4.78 is 4.92. The maximum atomic E-state index is 12.5. The van der Waals surface area contributed by atoms with Gasteiger partial charge in [0.1, 0.15) is 17.3 Å². The van der Waals surface area contributed by atoms with E-state index in [1.807, 2.05) is 0 Å². The van der Waals surface area contributed by atoms with Crippen LogP contribution in [0.25, 0.3) is 0 Å². The second-order valence-corrected chi connectivity index (χ2v) is 5.28. The number of ketones is 1.